The van der Waals surface area contributed by atoms with Crippen LogP contribution in [0.25, 0.3) is 0 Å². The van der Waals surface area contributed by atoms with Crippen molar-refractivity contribution in [1.82, 2.24) is 9.88 Å². The third-order valence-corrected chi connectivity index (χ3v) is 2.46. The molecule has 0 radical (unpaired) electrons. The average Bonchev–Trinajstić information content (AvgIpc) is 2.18. The molecule has 0 fully saturated rings. The number of hydrogen-bond donors (Lipinski definition) is 0. The number of Topliss-reactive ketones (excluding diaryl/α,β-unsaturated/α-hetero) is 1. The molecule has 1 atom stereocenters. The van der Waals surface area contributed by atoms with E-state index in [4.69, 9.17) is 0 Å². The van der Waals surface area contributed by atoms with E-state index >= 15 is 0 Å². The Morgan fingerprint density at radius 2 is 2.27 bits per heavy atom. The first-order chi connectivity index (χ1) is 7.11. The zero-order valence-electron chi connectivity index (χ0n) is 9.60. The Kier molecular flexibility index (Phi) is 4.43. The van der Waals surface area contributed by atoms with Gasteiger partial charge in [-0.1, -0.05) is 6.07 Å². The molecule has 0 aliphatic rings. The van der Waals surface area contributed by atoms with Crippen molar-refractivity contribution in [3.8, 4) is 0 Å². The van der Waals surface area contributed by atoms with Gasteiger partial charge in [-0.2, -0.15) is 0 Å². The van der Waals surface area contributed by atoms with Crippen LogP contribution in [0, 0.1) is 0 Å². The van der Waals surface area contributed by atoms with Crippen molar-refractivity contribution >= 4 is 5.78 Å². The van der Waals surface area contributed by atoms with E-state index in [0.29, 0.717) is 6.42 Å². The summed E-state index contributed by atoms with van der Waals surface area (Å²) in [7, 11) is 4.05. The van der Waals surface area contributed by atoms with E-state index in [1.807, 2.05) is 26.4 Å². The van der Waals surface area contributed by atoms with Gasteiger partial charge in [-0.25, -0.2) is 0 Å². The molecule has 0 aliphatic carbocycles. The summed E-state index contributed by atoms with van der Waals surface area (Å²) >= 11 is 0. The van der Waals surface area contributed by atoms with Crippen molar-refractivity contribution in [2.45, 2.75) is 25.8 Å². The number of hydrogen-bond acceptors (Lipinski definition) is 3. The number of nitrogens with zero attached hydrogens (tertiary/aromatic N) is 2. The van der Waals surface area contributed by atoms with Crippen LogP contribution in [0.5, 0.6) is 0 Å². The average molecular weight is 206 g/mol. The van der Waals surface area contributed by atoms with Crippen LogP contribution in [0.3, 0.4) is 0 Å². The van der Waals surface area contributed by atoms with Gasteiger partial charge in [0, 0.05) is 24.9 Å². The number of aromatic nitrogens is 1. The van der Waals surface area contributed by atoms with E-state index in [0.717, 1.165) is 6.42 Å². The van der Waals surface area contributed by atoms with Gasteiger partial charge in [0.15, 0.2) is 0 Å². The van der Waals surface area contributed by atoms with Gasteiger partial charge < -0.3 is 9.69 Å². The van der Waals surface area contributed by atoms with E-state index in [9.17, 15) is 4.79 Å². The molecular formula is C12H18N2O. The van der Waals surface area contributed by atoms with Crippen LogP contribution in [0.2, 0.25) is 0 Å². The molecule has 1 unspecified atom stereocenters. The van der Waals surface area contributed by atoms with Gasteiger partial charge in [-0.05, 0) is 39.1 Å². The SMILES string of the molecule is CC(=O)CCC(c1cccnc1)N(C)C. The van der Waals surface area contributed by atoms with Gasteiger partial charge in [-0.15, -0.1) is 0 Å². The second-order valence-electron chi connectivity index (χ2n) is 4.01. The van der Waals surface area contributed by atoms with Crippen LogP contribution >= 0.6 is 0 Å². The third-order valence-electron chi connectivity index (χ3n) is 2.46. The Balaban J connectivity index is 2.70. The van der Waals surface area contributed by atoms with Crippen molar-refractivity contribution in [3.63, 3.8) is 0 Å². The zero-order chi connectivity index (χ0) is 11.3. The maximum absolute atomic E-state index is 11.0. The summed E-state index contributed by atoms with van der Waals surface area (Å²) in [5, 5.41) is 0. The van der Waals surface area contributed by atoms with Crippen molar-refractivity contribution in [3.05, 3.63) is 30.1 Å². The fourth-order valence-electron chi connectivity index (χ4n) is 1.64. The normalized spacial score (nSPS) is 12.8. The summed E-state index contributed by atoms with van der Waals surface area (Å²) in [5.74, 6) is 0.241. The summed E-state index contributed by atoms with van der Waals surface area (Å²) < 4.78 is 0. The van der Waals surface area contributed by atoms with Crippen LogP contribution in [-0.2, 0) is 4.79 Å². The molecule has 1 heterocycles. The molecule has 0 spiro atoms. The second kappa shape index (κ2) is 5.61. The van der Waals surface area contributed by atoms with Gasteiger partial charge in [0.05, 0.1) is 0 Å². The molecule has 0 aromatic carbocycles. The topological polar surface area (TPSA) is 33.2 Å². The molecule has 82 valence electrons. The third kappa shape index (κ3) is 3.80. The standard InChI is InChI=1S/C12H18N2O/c1-10(15)6-7-12(14(2)3)11-5-4-8-13-9-11/h4-5,8-9,12H,6-7H2,1-3H3. The predicted molar refractivity (Wildman–Crippen MR) is 60.6 cm³/mol. The highest BCUT2D eigenvalue weighted by Crippen LogP contribution is 2.22. The Labute approximate surface area is 91.1 Å². The number of ketones is 1. The molecule has 0 aliphatic heterocycles. The van der Waals surface area contributed by atoms with Crippen molar-refractivity contribution < 1.29 is 4.79 Å². The lowest BCUT2D eigenvalue weighted by atomic mass is 10.0. The first kappa shape index (κ1) is 11.9. The molecule has 3 heteroatoms. The van der Waals surface area contributed by atoms with Crippen LogP contribution in [0.4, 0.5) is 0 Å². The lowest BCUT2D eigenvalue weighted by molar-refractivity contribution is -0.117. The number of pyridine rings is 1. The Hall–Kier alpha value is -1.22. The summed E-state index contributed by atoms with van der Waals surface area (Å²) in [6.07, 6.45) is 5.11. The summed E-state index contributed by atoms with van der Waals surface area (Å²) in [5.41, 5.74) is 1.17. The Morgan fingerprint density at radius 1 is 1.53 bits per heavy atom. The van der Waals surface area contributed by atoms with Gasteiger partial charge in [0.1, 0.15) is 5.78 Å². The van der Waals surface area contributed by atoms with Gasteiger partial charge in [0.25, 0.3) is 0 Å². The Bertz CT molecular complexity index is 309. The molecule has 0 saturated heterocycles. The largest absolute Gasteiger partial charge is 0.302 e. The first-order valence-electron chi connectivity index (χ1n) is 5.17. The molecule has 1 rings (SSSR count). The molecular weight excluding hydrogens is 188 g/mol. The summed E-state index contributed by atoms with van der Waals surface area (Å²) in [6, 6.07) is 4.26. The van der Waals surface area contributed by atoms with Crippen molar-refractivity contribution in [2.24, 2.45) is 0 Å². The highest BCUT2D eigenvalue weighted by molar-refractivity contribution is 5.75. The molecule has 15 heavy (non-hydrogen) atoms. The quantitative estimate of drug-likeness (QED) is 0.739. The van der Waals surface area contributed by atoms with Crippen LogP contribution in [0.15, 0.2) is 24.5 Å². The number of rotatable bonds is 5. The van der Waals surface area contributed by atoms with E-state index in [1.165, 1.54) is 5.56 Å². The zero-order valence-corrected chi connectivity index (χ0v) is 9.60. The van der Waals surface area contributed by atoms with Crippen LogP contribution in [-0.4, -0.2) is 29.8 Å². The molecule has 1 aromatic rings. The van der Waals surface area contributed by atoms with Gasteiger partial charge in [-0.3, -0.25) is 4.98 Å². The van der Waals surface area contributed by atoms with E-state index < -0.39 is 0 Å². The van der Waals surface area contributed by atoms with E-state index in [-0.39, 0.29) is 11.8 Å². The maximum atomic E-state index is 11.0. The highest BCUT2D eigenvalue weighted by Gasteiger charge is 2.14. The predicted octanol–water partition coefficient (Wildman–Crippen LogP) is 2.05. The number of carbonyl (C=O) groups excluding carboxylic acids is 1. The van der Waals surface area contributed by atoms with Crippen LogP contribution < -0.4 is 0 Å². The van der Waals surface area contributed by atoms with E-state index in [1.54, 1.807) is 13.1 Å². The van der Waals surface area contributed by atoms with Gasteiger partial charge >= 0.3 is 0 Å². The molecule has 1 aromatic heterocycles. The minimum atomic E-state index is 0.241. The van der Waals surface area contributed by atoms with Crippen LogP contribution in [0.1, 0.15) is 31.4 Å². The Morgan fingerprint density at radius 3 is 2.73 bits per heavy atom. The molecule has 0 N–H and O–H groups in total. The molecule has 0 bridgehead atoms. The van der Waals surface area contributed by atoms with Crippen molar-refractivity contribution in [2.75, 3.05) is 14.1 Å². The monoisotopic (exact) mass is 206 g/mol. The fraction of sp³-hybridized carbons (Fsp3) is 0.500. The number of carbonyl (C=O) groups is 1. The molecule has 0 amide bonds. The van der Waals surface area contributed by atoms with E-state index in [2.05, 4.69) is 16.0 Å². The first-order valence-corrected chi connectivity index (χ1v) is 5.17. The summed E-state index contributed by atoms with van der Waals surface area (Å²) in [4.78, 5) is 17.2. The summed E-state index contributed by atoms with van der Waals surface area (Å²) in [6.45, 7) is 1.63. The smallest absolute Gasteiger partial charge is 0.129 e. The van der Waals surface area contributed by atoms with Crippen molar-refractivity contribution in [1.29, 1.82) is 0 Å². The minimum absolute atomic E-state index is 0.241. The van der Waals surface area contributed by atoms with Gasteiger partial charge in [0.2, 0.25) is 0 Å². The maximum Gasteiger partial charge on any atom is 0.129 e. The fourth-order valence-corrected chi connectivity index (χ4v) is 1.64. The lowest BCUT2D eigenvalue weighted by Crippen LogP contribution is -2.20. The second-order valence-corrected chi connectivity index (χ2v) is 4.01. The lowest BCUT2D eigenvalue weighted by Gasteiger charge is -2.23. The minimum Gasteiger partial charge on any atom is -0.302 e. The molecule has 0 saturated carbocycles. The molecule has 3 nitrogen and oxygen atoms in total. The highest BCUT2D eigenvalue weighted by atomic mass is 16.1.